The zero-order chi connectivity index (χ0) is 13.5. The Morgan fingerprint density at radius 1 is 1.39 bits per heavy atom. The number of anilines is 1. The molecule has 0 aliphatic heterocycles. The number of aromatic nitrogens is 2. The molecule has 1 heterocycles. The summed E-state index contributed by atoms with van der Waals surface area (Å²) in [5.41, 5.74) is 0. The summed E-state index contributed by atoms with van der Waals surface area (Å²) in [6.07, 6.45) is -0.180. The van der Waals surface area contributed by atoms with Gasteiger partial charge in [-0.3, -0.25) is 9.59 Å². The standard InChI is InChI=1S/C10H15N3O3S2/c1-4-16-8(15)5-7(14)6-17-10-12-11-9(18-10)13(2)3/h4-6H2,1-3H3. The van der Waals surface area contributed by atoms with Gasteiger partial charge in [-0.15, -0.1) is 10.2 Å². The van der Waals surface area contributed by atoms with Crippen molar-refractivity contribution in [2.45, 2.75) is 17.7 Å². The first-order valence-electron chi connectivity index (χ1n) is 5.34. The largest absolute Gasteiger partial charge is 0.466 e. The summed E-state index contributed by atoms with van der Waals surface area (Å²) in [4.78, 5) is 24.4. The SMILES string of the molecule is CCOC(=O)CC(=O)CSc1nnc(N(C)C)s1. The van der Waals surface area contributed by atoms with Crippen LogP contribution in [0.25, 0.3) is 0 Å². The first kappa shape index (κ1) is 14.9. The Balaban J connectivity index is 2.35. The highest BCUT2D eigenvalue weighted by Gasteiger charge is 2.13. The van der Waals surface area contributed by atoms with Crippen molar-refractivity contribution in [2.75, 3.05) is 31.4 Å². The minimum Gasteiger partial charge on any atom is -0.466 e. The van der Waals surface area contributed by atoms with Crippen LogP contribution in [0.15, 0.2) is 4.34 Å². The summed E-state index contributed by atoms with van der Waals surface area (Å²) in [7, 11) is 3.75. The molecule has 1 aromatic rings. The highest BCUT2D eigenvalue weighted by Crippen LogP contribution is 2.26. The molecular weight excluding hydrogens is 274 g/mol. The molecule has 1 rings (SSSR count). The predicted octanol–water partition coefficient (Wildman–Crippen LogP) is 1.22. The second kappa shape index (κ2) is 7.32. The van der Waals surface area contributed by atoms with Gasteiger partial charge in [0.15, 0.2) is 10.1 Å². The highest BCUT2D eigenvalue weighted by molar-refractivity contribution is 8.01. The number of thioether (sulfide) groups is 1. The minimum absolute atomic E-state index is 0.167. The zero-order valence-electron chi connectivity index (χ0n) is 10.5. The number of esters is 1. The van der Waals surface area contributed by atoms with Crippen molar-refractivity contribution in [2.24, 2.45) is 0 Å². The monoisotopic (exact) mass is 289 g/mol. The van der Waals surface area contributed by atoms with Gasteiger partial charge < -0.3 is 9.64 Å². The van der Waals surface area contributed by atoms with Crippen molar-refractivity contribution in [3.8, 4) is 0 Å². The highest BCUT2D eigenvalue weighted by atomic mass is 32.2. The van der Waals surface area contributed by atoms with Gasteiger partial charge in [0.05, 0.1) is 12.4 Å². The lowest BCUT2D eigenvalue weighted by molar-refractivity contribution is -0.145. The molecule has 0 atom stereocenters. The molecule has 8 heteroatoms. The van der Waals surface area contributed by atoms with Crippen LogP contribution in [0.1, 0.15) is 13.3 Å². The third kappa shape index (κ3) is 5.01. The van der Waals surface area contributed by atoms with Gasteiger partial charge >= 0.3 is 5.97 Å². The maximum Gasteiger partial charge on any atom is 0.313 e. The second-order valence-corrected chi connectivity index (χ2v) is 5.73. The first-order chi connectivity index (χ1) is 8.52. The van der Waals surface area contributed by atoms with Gasteiger partial charge in [0.2, 0.25) is 5.13 Å². The third-order valence-electron chi connectivity index (χ3n) is 1.78. The van der Waals surface area contributed by atoms with Crippen LogP contribution in [0.2, 0.25) is 0 Å². The van der Waals surface area contributed by atoms with E-state index in [0.717, 1.165) is 9.47 Å². The topological polar surface area (TPSA) is 72.4 Å². The fourth-order valence-electron chi connectivity index (χ4n) is 1.01. The second-order valence-electron chi connectivity index (χ2n) is 3.55. The summed E-state index contributed by atoms with van der Waals surface area (Å²) >= 11 is 2.70. The Bertz CT molecular complexity index is 420. The average molecular weight is 289 g/mol. The quantitative estimate of drug-likeness (QED) is 0.424. The molecule has 18 heavy (non-hydrogen) atoms. The number of nitrogens with zero attached hydrogens (tertiary/aromatic N) is 3. The van der Waals surface area contributed by atoms with Crippen LogP contribution in [0.3, 0.4) is 0 Å². The van der Waals surface area contributed by atoms with Crippen molar-refractivity contribution in [3.63, 3.8) is 0 Å². The maximum atomic E-state index is 11.5. The van der Waals surface area contributed by atoms with E-state index in [2.05, 4.69) is 10.2 Å². The number of ether oxygens (including phenoxy) is 1. The van der Waals surface area contributed by atoms with Gasteiger partial charge in [0, 0.05) is 14.1 Å². The third-order valence-corrected chi connectivity index (χ3v) is 4.07. The van der Waals surface area contributed by atoms with E-state index in [-0.39, 0.29) is 18.0 Å². The smallest absolute Gasteiger partial charge is 0.313 e. The molecule has 0 unspecified atom stereocenters. The molecule has 6 nitrogen and oxygen atoms in total. The van der Waals surface area contributed by atoms with E-state index < -0.39 is 5.97 Å². The number of ketones is 1. The lowest BCUT2D eigenvalue weighted by Crippen LogP contribution is -2.12. The Morgan fingerprint density at radius 2 is 2.11 bits per heavy atom. The molecule has 0 spiro atoms. The van der Waals surface area contributed by atoms with E-state index in [1.54, 1.807) is 6.92 Å². The number of carbonyl (C=O) groups excluding carboxylic acids is 2. The van der Waals surface area contributed by atoms with Gasteiger partial charge in [-0.25, -0.2) is 0 Å². The minimum atomic E-state index is -0.477. The van der Waals surface area contributed by atoms with Crippen LogP contribution in [-0.4, -0.2) is 48.4 Å². The van der Waals surface area contributed by atoms with Gasteiger partial charge in [-0.2, -0.15) is 0 Å². The lowest BCUT2D eigenvalue weighted by atomic mass is 10.3. The Kier molecular flexibility index (Phi) is 6.06. The van der Waals surface area contributed by atoms with Gasteiger partial charge in [-0.1, -0.05) is 23.1 Å². The van der Waals surface area contributed by atoms with Crippen LogP contribution in [-0.2, 0) is 14.3 Å². The summed E-state index contributed by atoms with van der Waals surface area (Å²) < 4.78 is 5.42. The van der Waals surface area contributed by atoms with Gasteiger partial charge in [0.25, 0.3) is 0 Å². The maximum absolute atomic E-state index is 11.5. The van der Waals surface area contributed by atoms with E-state index in [1.165, 1.54) is 23.1 Å². The number of Topliss-reactive ketones (excluding diaryl/α,β-unsaturated/α-hetero) is 1. The number of hydrogen-bond donors (Lipinski definition) is 0. The zero-order valence-corrected chi connectivity index (χ0v) is 12.1. The van der Waals surface area contributed by atoms with E-state index in [0.29, 0.717) is 6.61 Å². The molecule has 0 bridgehead atoms. The average Bonchev–Trinajstić information content (AvgIpc) is 2.75. The normalized spacial score (nSPS) is 10.2. The molecule has 0 radical (unpaired) electrons. The van der Waals surface area contributed by atoms with Crippen molar-refractivity contribution >= 4 is 40.0 Å². The molecule has 0 saturated heterocycles. The molecule has 0 amide bonds. The van der Waals surface area contributed by atoms with Gasteiger partial charge in [0.1, 0.15) is 6.42 Å². The van der Waals surface area contributed by atoms with Crippen molar-refractivity contribution in [3.05, 3.63) is 0 Å². The Labute approximate surface area is 114 Å². The summed E-state index contributed by atoms with van der Waals surface area (Å²) in [5, 5.41) is 8.69. The fourth-order valence-corrected chi connectivity index (χ4v) is 2.63. The van der Waals surface area contributed by atoms with E-state index in [4.69, 9.17) is 4.74 Å². The number of rotatable bonds is 7. The van der Waals surface area contributed by atoms with E-state index >= 15 is 0 Å². The van der Waals surface area contributed by atoms with E-state index in [1.807, 2.05) is 19.0 Å². The lowest BCUT2D eigenvalue weighted by Gasteiger charge is -2.03. The molecule has 0 saturated carbocycles. The molecule has 0 aliphatic carbocycles. The van der Waals surface area contributed by atoms with Crippen LogP contribution in [0.5, 0.6) is 0 Å². The molecule has 0 aromatic carbocycles. The van der Waals surface area contributed by atoms with Crippen LogP contribution in [0, 0.1) is 0 Å². The van der Waals surface area contributed by atoms with Gasteiger partial charge in [-0.05, 0) is 6.92 Å². The number of hydrogen-bond acceptors (Lipinski definition) is 8. The van der Waals surface area contributed by atoms with E-state index in [9.17, 15) is 9.59 Å². The molecule has 0 fully saturated rings. The van der Waals surface area contributed by atoms with Crippen LogP contribution < -0.4 is 4.90 Å². The molecule has 100 valence electrons. The van der Waals surface area contributed by atoms with Crippen molar-refractivity contribution in [1.29, 1.82) is 0 Å². The fraction of sp³-hybridized carbons (Fsp3) is 0.600. The van der Waals surface area contributed by atoms with Crippen molar-refractivity contribution < 1.29 is 14.3 Å². The molecular formula is C10H15N3O3S2. The summed E-state index contributed by atoms with van der Waals surface area (Å²) in [5.74, 6) is -0.435. The number of carbonyl (C=O) groups is 2. The Morgan fingerprint density at radius 3 is 2.67 bits per heavy atom. The predicted molar refractivity (Wildman–Crippen MR) is 71.2 cm³/mol. The van der Waals surface area contributed by atoms with Crippen LogP contribution >= 0.6 is 23.1 Å². The molecule has 0 aliphatic rings. The summed E-state index contributed by atoms with van der Waals surface area (Å²) in [6.45, 7) is 2.00. The first-order valence-corrected chi connectivity index (χ1v) is 7.14. The molecule has 1 aromatic heterocycles. The Hall–Kier alpha value is -1.15. The van der Waals surface area contributed by atoms with Crippen LogP contribution in [0.4, 0.5) is 5.13 Å². The van der Waals surface area contributed by atoms with Crippen molar-refractivity contribution in [1.82, 2.24) is 10.2 Å². The summed E-state index contributed by atoms with van der Waals surface area (Å²) in [6, 6.07) is 0. The molecule has 0 N–H and O–H groups in total.